The first-order valence-corrected chi connectivity index (χ1v) is 16.8. The summed E-state index contributed by atoms with van der Waals surface area (Å²) in [6.07, 6.45) is 1.89. The topological polar surface area (TPSA) is 30.7 Å². The monoisotopic (exact) mass is 613 g/mol. The molecule has 0 N–H and O–H groups in total. The summed E-state index contributed by atoms with van der Waals surface area (Å²) in [7, 11) is 0. The van der Waals surface area contributed by atoms with E-state index in [0.29, 0.717) is 0 Å². The molecule has 10 rings (SSSR count). The van der Waals surface area contributed by atoms with Crippen LogP contribution in [0.25, 0.3) is 71.7 Å². The molecule has 1 aliphatic rings. The Morgan fingerprint density at radius 3 is 2.08 bits per heavy atom. The average Bonchev–Trinajstić information content (AvgIpc) is 3.40. The van der Waals surface area contributed by atoms with Crippen molar-refractivity contribution in [2.45, 2.75) is 18.8 Å². The first kappa shape index (κ1) is 27.1. The van der Waals surface area contributed by atoms with Crippen LogP contribution in [0.15, 0.2) is 158 Å². The summed E-state index contributed by atoms with van der Waals surface area (Å²) < 4.78 is 2.42. The fourth-order valence-electron chi connectivity index (χ4n) is 8.12. The second-order valence-corrected chi connectivity index (χ2v) is 12.8. The molecule has 226 valence electrons. The van der Waals surface area contributed by atoms with Gasteiger partial charge in [-0.2, -0.15) is 0 Å². The molecule has 0 fully saturated rings. The summed E-state index contributed by atoms with van der Waals surface area (Å²) in [6.45, 7) is 0. The van der Waals surface area contributed by atoms with E-state index in [-0.39, 0.29) is 5.92 Å². The predicted molar refractivity (Wildman–Crippen MR) is 199 cm³/mol. The van der Waals surface area contributed by atoms with Crippen LogP contribution in [-0.4, -0.2) is 14.5 Å². The van der Waals surface area contributed by atoms with Gasteiger partial charge < -0.3 is 4.57 Å². The van der Waals surface area contributed by atoms with E-state index in [0.717, 1.165) is 40.8 Å². The van der Waals surface area contributed by atoms with Crippen molar-refractivity contribution in [3.8, 4) is 28.1 Å². The molecule has 2 aromatic heterocycles. The lowest BCUT2D eigenvalue weighted by atomic mass is 9.85. The van der Waals surface area contributed by atoms with Crippen molar-refractivity contribution < 1.29 is 0 Å². The normalized spacial score (nSPS) is 14.3. The van der Waals surface area contributed by atoms with Gasteiger partial charge in [0.05, 0.1) is 33.5 Å². The van der Waals surface area contributed by atoms with Gasteiger partial charge >= 0.3 is 0 Å². The van der Waals surface area contributed by atoms with E-state index < -0.39 is 0 Å². The Morgan fingerprint density at radius 1 is 0.542 bits per heavy atom. The van der Waals surface area contributed by atoms with Crippen LogP contribution in [0.4, 0.5) is 0 Å². The molecular formula is C45H31N3. The van der Waals surface area contributed by atoms with E-state index in [2.05, 4.69) is 156 Å². The van der Waals surface area contributed by atoms with Crippen LogP contribution < -0.4 is 0 Å². The Kier molecular flexibility index (Phi) is 6.07. The third kappa shape index (κ3) is 4.07. The molecule has 0 radical (unpaired) electrons. The highest BCUT2D eigenvalue weighted by Crippen LogP contribution is 2.48. The number of aromatic nitrogens is 3. The Hall–Kier alpha value is -6.06. The van der Waals surface area contributed by atoms with Gasteiger partial charge in [-0.25, -0.2) is 9.97 Å². The van der Waals surface area contributed by atoms with Gasteiger partial charge in [-0.15, -0.1) is 0 Å². The number of hydrogen-bond acceptors (Lipinski definition) is 2. The van der Waals surface area contributed by atoms with Crippen molar-refractivity contribution in [2.75, 3.05) is 0 Å². The van der Waals surface area contributed by atoms with Gasteiger partial charge in [0.25, 0.3) is 0 Å². The lowest BCUT2D eigenvalue weighted by Gasteiger charge is -2.21. The Bertz CT molecular complexity index is 2670. The van der Waals surface area contributed by atoms with Gasteiger partial charge in [0.15, 0.2) is 0 Å². The molecule has 48 heavy (non-hydrogen) atoms. The molecule has 9 aromatic rings. The third-order valence-electron chi connectivity index (χ3n) is 10.2. The molecule has 7 aromatic carbocycles. The van der Waals surface area contributed by atoms with E-state index >= 15 is 0 Å². The second-order valence-electron chi connectivity index (χ2n) is 12.8. The van der Waals surface area contributed by atoms with Gasteiger partial charge in [-0.3, -0.25) is 0 Å². The Balaban J connectivity index is 1.28. The fourth-order valence-corrected chi connectivity index (χ4v) is 8.12. The minimum absolute atomic E-state index is 0.0841. The first-order chi connectivity index (χ1) is 23.8. The van der Waals surface area contributed by atoms with Gasteiger partial charge in [0.2, 0.25) is 0 Å². The summed E-state index contributed by atoms with van der Waals surface area (Å²) in [5.74, 6) is 0.0841. The highest BCUT2D eigenvalue weighted by Gasteiger charge is 2.30. The van der Waals surface area contributed by atoms with Crippen LogP contribution in [0, 0.1) is 0 Å². The van der Waals surface area contributed by atoms with E-state index in [1.54, 1.807) is 0 Å². The van der Waals surface area contributed by atoms with Crippen LogP contribution >= 0.6 is 0 Å². The number of hydrogen-bond donors (Lipinski definition) is 0. The van der Waals surface area contributed by atoms with Crippen molar-refractivity contribution in [1.82, 2.24) is 14.5 Å². The minimum atomic E-state index is 0.0841. The predicted octanol–water partition coefficient (Wildman–Crippen LogP) is 11.3. The quantitative estimate of drug-likeness (QED) is 0.198. The van der Waals surface area contributed by atoms with E-state index in [4.69, 9.17) is 9.97 Å². The zero-order chi connectivity index (χ0) is 31.6. The van der Waals surface area contributed by atoms with Crippen molar-refractivity contribution in [3.63, 3.8) is 0 Å². The smallest absolute Gasteiger partial charge is 0.0931 e. The maximum Gasteiger partial charge on any atom is 0.0931 e. The molecule has 0 spiro atoms. The second kappa shape index (κ2) is 10.8. The molecule has 1 aliphatic carbocycles. The summed E-state index contributed by atoms with van der Waals surface area (Å²) in [6, 6.07) is 56.8. The zero-order valence-corrected chi connectivity index (χ0v) is 26.3. The largest absolute Gasteiger partial charge is 0.309 e. The maximum atomic E-state index is 5.40. The van der Waals surface area contributed by atoms with Crippen molar-refractivity contribution in [1.29, 1.82) is 0 Å². The van der Waals surface area contributed by atoms with Gasteiger partial charge in [-0.05, 0) is 82.3 Å². The van der Waals surface area contributed by atoms with Crippen LogP contribution in [-0.2, 0) is 6.42 Å². The number of para-hydroxylation sites is 4. The molecule has 1 unspecified atom stereocenters. The molecule has 3 heteroatoms. The molecule has 0 aliphatic heterocycles. The first-order valence-electron chi connectivity index (χ1n) is 16.8. The minimum Gasteiger partial charge on any atom is -0.309 e. The molecule has 1 atom stereocenters. The highest BCUT2D eigenvalue weighted by atomic mass is 15.0. The number of rotatable bonds is 3. The van der Waals surface area contributed by atoms with Gasteiger partial charge in [0.1, 0.15) is 0 Å². The van der Waals surface area contributed by atoms with Crippen LogP contribution in [0.1, 0.15) is 29.2 Å². The summed E-state index contributed by atoms with van der Waals surface area (Å²) in [5, 5.41) is 5.19. The molecule has 3 nitrogen and oxygen atoms in total. The number of benzene rings is 7. The van der Waals surface area contributed by atoms with E-state index in [1.807, 2.05) is 6.07 Å². The third-order valence-corrected chi connectivity index (χ3v) is 10.2. The van der Waals surface area contributed by atoms with E-state index in [9.17, 15) is 0 Å². The molecule has 0 amide bonds. The lowest BCUT2D eigenvalue weighted by Crippen LogP contribution is -2.08. The van der Waals surface area contributed by atoms with Crippen LogP contribution in [0.3, 0.4) is 0 Å². The molecule has 0 saturated carbocycles. The summed E-state index contributed by atoms with van der Waals surface area (Å²) >= 11 is 0. The molecular weight excluding hydrogens is 583 g/mol. The standard InChI is InChI=1S/C45H31N3/c1-3-13-31(14-4-1)44-45(47-38-21-11-10-20-37(38)46-44)35-27-25-29-23-24-30-26-28-40-43(42(30)41(29)34-18-8-7-17-33(34)35)36-19-9-12-22-39(36)48(40)32-15-5-2-6-16-32/h1-24,26,28,35H,25,27H2. The van der Waals surface area contributed by atoms with Crippen molar-refractivity contribution >= 4 is 43.6 Å². The van der Waals surface area contributed by atoms with Gasteiger partial charge in [-0.1, -0.05) is 121 Å². The van der Waals surface area contributed by atoms with Crippen LogP contribution in [0.5, 0.6) is 0 Å². The zero-order valence-electron chi connectivity index (χ0n) is 26.3. The van der Waals surface area contributed by atoms with Gasteiger partial charge in [0, 0.05) is 27.9 Å². The molecule has 0 bridgehead atoms. The summed E-state index contributed by atoms with van der Waals surface area (Å²) in [4.78, 5) is 10.7. The van der Waals surface area contributed by atoms with Crippen molar-refractivity contribution in [2.24, 2.45) is 0 Å². The Labute approximate surface area is 278 Å². The summed E-state index contributed by atoms with van der Waals surface area (Å²) in [5.41, 5.74) is 14.0. The number of nitrogens with zero attached hydrogens (tertiary/aromatic N) is 3. The maximum absolute atomic E-state index is 5.40. The highest BCUT2D eigenvalue weighted by molar-refractivity contribution is 6.25. The SMILES string of the molecule is c1ccc(-c2nc3ccccc3nc2C2CCc3ccc4ccc5c(c6ccccc6n5-c5ccccc5)c4c3-c3ccccc32)cc1. The average molecular weight is 614 g/mol. The molecule has 0 saturated heterocycles. The Morgan fingerprint density at radius 2 is 1.23 bits per heavy atom. The van der Waals surface area contributed by atoms with Crippen molar-refractivity contribution in [3.05, 3.63) is 175 Å². The van der Waals surface area contributed by atoms with Crippen LogP contribution in [0.2, 0.25) is 0 Å². The number of aryl methyl sites for hydroxylation is 1. The fraction of sp³-hybridized carbons (Fsp3) is 0.0667. The number of fused-ring (bicyclic) bond motifs is 10. The molecule has 2 heterocycles. The lowest BCUT2D eigenvalue weighted by molar-refractivity contribution is 0.707. The van der Waals surface area contributed by atoms with E-state index in [1.165, 1.54) is 60.5 Å².